The number of unbranched alkanes of at least 4 members (excludes halogenated alkanes) is 1. The Morgan fingerprint density at radius 2 is 1.89 bits per heavy atom. The molecule has 0 aromatic rings. The molecule has 1 amide bonds. The van der Waals surface area contributed by atoms with Crippen LogP contribution in [0.4, 0.5) is 0 Å². The zero-order valence-corrected chi connectivity index (χ0v) is 12.6. The Morgan fingerprint density at radius 1 is 1.21 bits per heavy atom. The predicted molar refractivity (Wildman–Crippen MR) is 78.1 cm³/mol. The molecular formula is C15H30N2O2. The van der Waals surface area contributed by atoms with E-state index in [0.717, 1.165) is 32.2 Å². The van der Waals surface area contributed by atoms with Gasteiger partial charge in [0.05, 0.1) is 13.2 Å². The third-order valence-corrected chi connectivity index (χ3v) is 4.12. The van der Waals surface area contributed by atoms with Gasteiger partial charge >= 0.3 is 0 Å². The Morgan fingerprint density at radius 3 is 2.47 bits per heavy atom. The van der Waals surface area contributed by atoms with E-state index in [-0.39, 0.29) is 12.5 Å². The van der Waals surface area contributed by atoms with Crippen LogP contribution in [0.5, 0.6) is 0 Å². The second kappa shape index (κ2) is 9.32. The van der Waals surface area contributed by atoms with E-state index < -0.39 is 0 Å². The van der Waals surface area contributed by atoms with Crippen molar-refractivity contribution in [2.45, 2.75) is 57.9 Å². The van der Waals surface area contributed by atoms with E-state index in [4.69, 9.17) is 5.11 Å². The molecule has 0 atom stereocenters. The molecule has 19 heavy (non-hydrogen) atoms. The number of carbonyl (C=O) groups excluding carboxylic acids is 1. The second-order valence-corrected chi connectivity index (χ2v) is 5.65. The van der Waals surface area contributed by atoms with E-state index in [1.54, 1.807) is 0 Å². The minimum atomic E-state index is 0.129. The molecule has 0 aromatic carbocycles. The van der Waals surface area contributed by atoms with Crippen molar-refractivity contribution < 1.29 is 9.90 Å². The second-order valence-electron chi connectivity index (χ2n) is 5.65. The molecule has 0 unspecified atom stereocenters. The van der Waals surface area contributed by atoms with E-state index in [2.05, 4.69) is 11.8 Å². The number of aliphatic hydroxyl groups is 1. The molecule has 0 radical (unpaired) electrons. The van der Waals surface area contributed by atoms with Crippen molar-refractivity contribution in [3.63, 3.8) is 0 Å². The average Bonchev–Trinajstić information content (AvgIpc) is 2.45. The van der Waals surface area contributed by atoms with Crippen LogP contribution in [-0.2, 0) is 4.79 Å². The van der Waals surface area contributed by atoms with Crippen LogP contribution in [0.3, 0.4) is 0 Å². The number of rotatable bonds is 8. The van der Waals surface area contributed by atoms with Crippen LogP contribution >= 0.6 is 0 Å². The highest BCUT2D eigenvalue weighted by molar-refractivity contribution is 5.78. The van der Waals surface area contributed by atoms with Crippen molar-refractivity contribution in [3.05, 3.63) is 0 Å². The summed E-state index contributed by atoms with van der Waals surface area (Å²) in [7, 11) is 1.94. The topological polar surface area (TPSA) is 43.8 Å². The SMILES string of the molecule is CCCCN(CCO)CC(=O)N(C)C1CCCCC1. The third kappa shape index (κ3) is 5.91. The van der Waals surface area contributed by atoms with Gasteiger partial charge in [0, 0.05) is 19.6 Å². The lowest BCUT2D eigenvalue weighted by atomic mass is 9.94. The number of nitrogens with zero attached hydrogens (tertiary/aromatic N) is 2. The molecule has 1 aliphatic rings. The monoisotopic (exact) mass is 270 g/mol. The van der Waals surface area contributed by atoms with E-state index in [0.29, 0.717) is 19.1 Å². The van der Waals surface area contributed by atoms with Gasteiger partial charge in [-0.3, -0.25) is 9.69 Å². The van der Waals surface area contributed by atoms with Crippen LogP contribution in [0.15, 0.2) is 0 Å². The standard InChI is InChI=1S/C15H30N2O2/c1-3-4-10-17(11-12-18)13-15(19)16(2)14-8-6-5-7-9-14/h14,18H,3-13H2,1-2H3. The first-order valence-corrected chi connectivity index (χ1v) is 7.78. The first-order chi connectivity index (χ1) is 9.19. The molecule has 1 aliphatic carbocycles. The largest absolute Gasteiger partial charge is 0.395 e. The van der Waals surface area contributed by atoms with Gasteiger partial charge in [-0.05, 0) is 25.8 Å². The lowest BCUT2D eigenvalue weighted by Gasteiger charge is -2.33. The predicted octanol–water partition coefficient (Wildman–Crippen LogP) is 1.87. The number of hydrogen-bond donors (Lipinski definition) is 1. The van der Waals surface area contributed by atoms with E-state index in [9.17, 15) is 4.79 Å². The Labute approximate surface area is 117 Å². The van der Waals surface area contributed by atoms with Crippen LogP contribution in [0.1, 0.15) is 51.9 Å². The van der Waals surface area contributed by atoms with Gasteiger partial charge in [0.25, 0.3) is 0 Å². The first kappa shape index (κ1) is 16.4. The summed E-state index contributed by atoms with van der Waals surface area (Å²) in [6.45, 7) is 4.23. The smallest absolute Gasteiger partial charge is 0.236 e. The number of hydrogen-bond acceptors (Lipinski definition) is 3. The molecule has 1 rings (SSSR count). The van der Waals surface area contributed by atoms with Gasteiger partial charge in [-0.1, -0.05) is 32.6 Å². The average molecular weight is 270 g/mol. The highest BCUT2D eigenvalue weighted by Crippen LogP contribution is 2.21. The fourth-order valence-corrected chi connectivity index (χ4v) is 2.77. The zero-order chi connectivity index (χ0) is 14.1. The van der Waals surface area contributed by atoms with Crippen molar-refractivity contribution in [2.75, 3.05) is 33.3 Å². The maximum Gasteiger partial charge on any atom is 0.236 e. The normalized spacial score (nSPS) is 16.8. The molecule has 0 saturated heterocycles. The fourth-order valence-electron chi connectivity index (χ4n) is 2.77. The van der Waals surface area contributed by atoms with Crippen molar-refractivity contribution in [3.8, 4) is 0 Å². The summed E-state index contributed by atoms with van der Waals surface area (Å²) in [5.74, 6) is 0.205. The van der Waals surface area contributed by atoms with Gasteiger partial charge < -0.3 is 10.0 Å². The van der Waals surface area contributed by atoms with Crippen LogP contribution in [0.25, 0.3) is 0 Å². The molecule has 112 valence electrons. The number of aliphatic hydroxyl groups excluding tert-OH is 1. The summed E-state index contributed by atoms with van der Waals surface area (Å²) in [5.41, 5.74) is 0. The molecule has 1 saturated carbocycles. The minimum Gasteiger partial charge on any atom is -0.395 e. The Hall–Kier alpha value is -0.610. The lowest BCUT2D eigenvalue weighted by molar-refractivity contribution is -0.133. The number of amides is 1. The van der Waals surface area contributed by atoms with Gasteiger partial charge in [0.15, 0.2) is 0 Å². The van der Waals surface area contributed by atoms with Gasteiger partial charge in [0.2, 0.25) is 5.91 Å². The maximum absolute atomic E-state index is 12.3. The maximum atomic E-state index is 12.3. The summed E-state index contributed by atoms with van der Waals surface area (Å²) in [6.07, 6.45) is 8.31. The number of likely N-dealkylation sites (N-methyl/N-ethyl adjacent to an activating group) is 1. The summed E-state index contributed by atoms with van der Waals surface area (Å²) >= 11 is 0. The molecule has 0 aromatic heterocycles. The summed E-state index contributed by atoms with van der Waals surface area (Å²) in [4.78, 5) is 16.3. The van der Waals surface area contributed by atoms with Crippen molar-refractivity contribution >= 4 is 5.91 Å². The fraction of sp³-hybridized carbons (Fsp3) is 0.933. The Kier molecular flexibility index (Phi) is 8.07. The third-order valence-electron chi connectivity index (χ3n) is 4.12. The van der Waals surface area contributed by atoms with Gasteiger partial charge in [0.1, 0.15) is 0 Å². The van der Waals surface area contributed by atoms with Crippen molar-refractivity contribution in [1.29, 1.82) is 0 Å². The Balaban J connectivity index is 2.40. The zero-order valence-electron chi connectivity index (χ0n) is 12.6. The quantitative estimate of drug-likeness (QED) is 0.732. The summed E-state index contributed by atoms with van der Waals surface area (Å²) in [6, 6.07) is 0.434. The molecule has 1 fully saturated rings. The minimum absolute atomic E-state index is 0.129. The van der Waals surface area contributed by atoms with Crippen LogP contribution in [-0.4, -0.2) is 60.1 Å². The van der Waals surface area contributed by atoms with Crippen LogP contribution in [0, 0.1) is 0 Å². The van der Waals surface area contributed by atoms with Crippen molar-refractivity contribution in [1.82, 2.24) is 9.80 Å². The molecular weight excluding hydrogens is 240 g/mol. The van der Waals surface area contributed by atoms with Crippen LogP contribution in [0.2, 0.25) is 0 Å². The highest BCUT2D eigenvalue weighted by Gasteiger charge is 2.23. The van der Waals surface area contributed by atoms with E-state index in [1.165, 1.54) is 19.3 Å². The molecule has 1 N–H and O–H groups in total. The van der Waals surface area contributed by atoms with Crippen molar-refractivity contribution in [2.24, 2.45) is 0 Å². The lowest BCUT2D eigenvalue weighted by Crippen LogP contribution is -2.45. The Bertz CT molecular complexity index is 253. The van der Waals surface area contributed by atoms with Gasteiger partial charge in [-0.2, -0.15) is 0 Å². The van der Waals surface area contributed by atoms with E-state index >= 15 is 0 Å². The van der Waals surface area contributed by atoms with Crippen LogP contribution < -0.4 is 0 Å². The molecule has 0 heterocycles. The summed E-state index contributed by atoms with van der Waals surface area (Å²) in [5, 5.41) is 9.07. The molecule has 0 aliphatic heterocycles. The van der Waals surface area contributed by atoms with Gasteiger partial charge in [-0.25, -0.2) is 0 Å². The molecule has 4 nitrogen and oxygen atoms in total. The highest BCUT2D eigenvalue weighted by atomic mass is 16.3. The molecule has 0 spiro atoms. The number of carbonyl (C=O) groups is 1. The first-order valence-electron chi connectivity index (χ1n) is 7.78. The molecule has 0 bridgehead atoms. The molecule has 4 heteroatoms. The van der Waals surface area contributed by atoms with Gasteiger partial charge in [-0.15, -0.1) is 0 Å². The summed E-state index contributed by atoms with van der Waals surface area (Å²) < 4.78 is 0. The van der Waals surface area contributed by atoms with E-state index in [1.807, 2.05) is 11.9 Å².